The van der Waals surface area contributed by atoms with E-state index in [2.05, 4.69) is 5.32 Å². The van der Waals surface area contributed by atoms with Crippen molar-refractivity contribution in [1.82, 2.24) is 10.2 Å². The van der Waals surface area contributed by atoms with Crippen molar-refractivity contribution >= 4 is 18.3 Å². The standard InChI is InChI=1S/C20H22F2N2O2.ClH/c21-16-6-3-5-15(13-16)18-14-23-10-11-24(18)20(25)9-4-12-26-19-8-2-1-7-17(19)22;/h1-3,5-8,13,18,23H,4,9-12,14H2;1H. The number of piperazine rings is 1. The molecule has 1 amide bonds. The zero-order valence-electron chi connectivity index (χ0n) is 14.9. The Hall–Kier alpha value is -2.18. The van der Waals surface area contributed by atoms with Gasteiger partial charge in [0.1, 0.15) is 5.82 Å². The summed E-state index contributed by atoms with van der Waals surface area (Å²) in [6, 6.07) is 12.4. The first-order chi connectivity index (χ1) is 12.6. The van der Waals surface area contributed by atoms with Crippen molar-refractivity contribution in [1.29, 1.82) is 0 Å². The zero-order valence-corrected chi connectivity index (χ0v) is 15.7. The molecule has 1 fully saturated rings. The molecule has 0 spiro atoms. The molecule has 0 aromatic heterocycles. The lowest BCUT2D eigenvalue weighted by atomic mass is 10.0. The summed E-state index contributed by atoms with van der Waals surface area (Å²) in [5.41, 5.74) is 0.785. The van der Waals surface area contributed by atoms with Crippen molar-refractivity contribution in [3.8, 4) is 5.75 Å². The molecule has 0 radical (unpaired) electrons. The molecule has 1 unspecified atom stereocenters. The van der Waals surface area contributed by atoms with Crippen molar-refractivity contribution in [3.05, 3.63) is 65.7 Å². The topological polar surface area (TPSA) is 41.6 Å². The SMILES string of the molecule is Cl.O=C(CCCOc1ccccc1F)N1CCNCC1c1cccc(F)c1. The zero-order chi connectivity index (χ0) is 18.4. The fourth-order valence-corrected chi connectivity index (χ4v) is 3.13. The van der Waals surface area contributed by atoms with Crippen molar-refractivity contribution in [3.63, 3.8) is 0 Å². The Balaban J connectivity index is 0.00000261. The molecular weight excluding hydrogens is 374 g/mol. The summed E-state index contributed by atoms with van der Waals surface area (Å²) in [6.45, 7) is 2.15. The van der Waals surface area contributed by atoms with E-state index in [1.807, 2.05) is 6.07 Å². The van der Waals surface area contributed by atoms with E-state index >= 15 is 0 Å². The van der Waals surface area contributed by atoms with Crippen LogP contribution in [0.15, 0.2) is 48.5 Å². The number of carbonyl (C=O) groups is 1. The summed E-state index contributed by atoms with van der Waals surface area (Å²) >= 11 is 0. The van der Waals surface area contributed by atoms with Gasteiger partial charge in [0.25, 0.3) is 0 Å². The largest absolute Gasteiger partial charge is 0.491 e. The van der Waals surface area contributed by atoms with Crippen LogP contribution in [0.4, 0.5) is 8.78 Å². The van der Waals surface area contributed by atoms with Gasteiger partial charge in [-0.15, -0.1) is 12.4 Å². The third-order valence-corrected chi connectivity index (χ3v) is 4.43. The lowest BCUT2D eigenvalue weighted by Crippen LogP contribution is -2.48. The van der Waals surface area contributed by atoms with Crippen LogP contribution in [0.3, 0.4) is 0 Å². The fraction of sp³-hybridized carbons (Fsp3) is 0.350. The smallest absolute Gasteiger partial charge is 0.223 e. The normalized spacial score (nSPS) is 16.5. The van der Waals surface area contributed by atoms with Crippen molar-refractivity contribution in [2.45, 2.75) is 18.9 Å². The summed E-state index contributed by atoms with van der Waals surface area (Å²) in [6.07, 6.45) is 0.799. The van der Waals surface area contributed by atoms with Gasteiger partial charge < -0.3 is 15.0 Å². The van der Waals surface area contributed by atoms with E-state index in [9.17, 15) is 13.6 Å². The Morgan fingerprint density at radius 1 is 1.19 bits per heavy atom. The van der Waals surface area contributed by atoms with Gasteiger partial charge in [0.2, 0.25) is 5.91 Å². The van der Waals surface area contributed by atoms with Crippen LogP contribution in [-0.4, -0.2) is 37.0 Å². The van der Waals surface area contributed by atoms with Gasteiger partial charge in [-0.1, -0.05) is 24.3 Å². The monoisotopic (exact) mass is 396 g/mol. The van der Waals surface area contributed by atoms with E-state index in [0.717, 1.165) is 5.56 Å². The van der Waals surface area contributed by atoms with Gasteiger partial charge in [0.15, 0.2) is 11.6 Å². The molecule has 1 N–H and O–H groups in total. The number of rotatable bonds is 6. The molecular formula is C20H23ClF2N2O2. The molecule has 1 atom stereocenters. The number of nitrogens with zero attached hydrogens (tertiary/aromatic N) is 1. The molecule has 146 valence electrons. The van der Waals surface area contributed by atoms with E-state index < -0.39 is 5.82 Å². The lowest BCUT2D eigenvalue weighted by Gasteiger charge is -2.36. The molecule has 0 aliphatic carbocycles. The van der Waals surface area contributed by atoms with Crippen LogP contribution in [0.1, 0.15) is 24.4 Å². The summed E-state index contributed by atoms with van der Waals surface area (Å²) in [7, 11) is 0. The third-order valence-electron chi connectivity index (χ3n) is 4.43. The second-order valence-corrected chi connectivity index (χ2v) is 6.24. The molecule has 27 heavy (non-hydrogen) atoms. The third kappa shape index (κ3) is 5.65. The van der Waals surface area contributed by atoms with Crippen LogP contribution < -0.4 is 10.1 Å². The fourth-order valence-electron chi connectivity index (χ4n) is 3.13. The van der Waals surface area contributed by atoms with Gasteiger partial charge >= 0.3 is 0 Å². The van der Waals surface area contributed by atoms with Crippen LogP contribution in [0, 0.1) is 11.6 Å². The quantitative estimate of drug-likeness (QED) is 0.757. The molecule has 2 aromatic carbocycles. The highest BCUT2D eigenvalue weighted by atomic mass is 35.5. The Morgan fingerprint density at radius 2 is 2.00 bits per heavy atom. The predicted molar refractivity (Wildman–Crippen MR) is 102 cm³/mol. The summed E-state index contributed by atoms with van der Waals surface area (Å²) in [4.78, 5) is 14.4. The van der Waals surface area contributed by atoms with Gasteiger partial charge in [-0.25, -0.2) is 8.78 Å². The number of carbonyl (C=O) groups excluding carboxylic acids is 1. The Bertz CT molecular complexity index is 760. The van der Waals surface area contributed by atoms with Gasteiger partial charge in [-0.3, -0.25) is 4.79 Å². The molecule has 2 aromatic rings. The van der Waals surface area contributed by atoms with Crippen LogP contribution in [-0.2, 0) is 4.79 Å². The Morgan fingerprint density at radius 3 is 2.78 bits per heavy atom. The highest BCUT2D eigenvalue weighted by Gasteiger charge is 2.27. The van der Waals surface area contributed by atoms with Crippen molar-refractivity contribution in [2.24, 2.45) is 0 Å². The maximum absolute atomic E-state index is 13.5. The Labute approximate surface area is 163 Å². The highest BCUT2D eigenvalue weighted by Crippen LogP contribution is 2.24. The van der Waals surface area contributed by atoms with Crippen LogP contribution in [0.5, 0.6) is 5.75 Å². The average molecular weight is 397 g/mol. The minimum atomic E-state index is -0.410. The maximum atomic E-state index is 13.5. The van der Waals surface area contributed by atoms with E-state index in [-0.39, 0.29) is 42.5 Å². The molecule has 1 saturated heterocycles. The van der Waals surface area contributed by atoms with Crippen molar-refractivity contribution < 1.29 is 18.3 Å². The number of nitrogens with one attached hydrogen (secondary N) is 1. The highest BCUT2D eigenvalue weighted by molar-refractivity contribution is 5.85. The predicted octanol–water partition coefficient (Wildman–Crippen LogP) is 3.72. The summed E-state index contributed by atoms with van der Waals surface area (Å²) in [5.74, 6) is -0.525. The van der Waals surface area contributed by atoms with E-state index in [0.29, 0.717) is 32.5 Å². The number of halogens is 3. The van der Waals surface area contributed by atoms with Crippen LogP contribution in [0.25, 0.3) is 0 Å². The molecule has 1 aliphatic heterocycles. The van der Waals surface area contributed by atoms with Crippen molar-refractivity contribution in [2.75, 3.05) is 26.2 Å². The van der Waals surface area contributed by atoms with E-state index in [4.69, 9.17) is 4.74 Å². The van der Waals surface area contributed by atoms with Gasteiger partial charge in [-0.05, 0) is 36.2 Å². The van der Waals surface area contributed by atoms with E-state index in [1.54, 1.807) is 29.2 Å². The van der Waals surface area contributed by atoms with Crippen LogP contribution in [0.2, 0.25) is 0 Å². The molecule has 1 aliphatic rings. The minimum absolute atomic E-state index is 0. The van der Waals surface area contributed by atoms with Crippen LogP contribution >= 0.6 is 12.4 Å². The number of ether oxygens (including phenoxy) is 1. The summed E-state index contributed by atoms with van der Waals surface area (Å²) in [5, 5.41) is 3.25. The molecule has 0 saturated carbocycles. The first-order valence-electron chi connectivity index (χ1n) is 8.78. The molecule has 0 bridgehead atoms. The first kappa shape index (κ1) is 21.1. The minimum Gasteiger partial charge on any atom is -0.491 e. The lowest BCUT2D eigenvalue weighted by molar-refractivity contribution is -0.134. The number of amides is 1. The van der Waals surface area contributed by atoms with Gasteiger partial charge in [-0.2, -0.15) is 0 Å². The Kier molecular flexibility index (Phi) is 8.00. The van der Waals surface area contributed by atoms with E-state index in [1.165, 1.54) is 18.2 Å². The molecule has 4 nitrogen and oxygen atoms in total. The number of hydrogen-bond donors (Lipinski definition) is 1. The first-order valence-corrected chi connectivity index (χ1v) is 8.78. The second-order valence-electron chi connectivity index (χ2n) is 6.24. The molecule has 7 heteroatoms. The number of para-hydroxylation sites is 1. The van der Waals surface area contributed by atoms with Gasteiger partial charge in [0, 0.05) is 26.1 Å². The average Bonchev–Trinajstić information content (AvgIpc) is 2.66. The number of benzene rings is 2. The molecule has 3 rings (SSSR count). The second kappa shape index (κ2) is 10.2. The van der Waals surface area contributed by atoms with Gasteiger partial charge in [0.05, 0.1) is 12.6 Å². The molecule has 1 heterocycles. The maximum Gasteiger partial charge on any atom is 0.223 e. The summed E-state index contributed by atoms with van der Waals surface area (Å²) < 4.78 is 32.4. The number of hydrogen-bond acceptors (Lipinski definition) is 3.